The van der Waals surface area contributed by atoms with Gasteiger partial charge in [0.15, 0.2) is 0 Å². The molecule has 3 heterocycles. The average Bonchev–Trinajstić information content (AvgIpc) is 3.31. The molecule has 0 fully saturated rings. The van der Waals surface area contributed by atoms with Crippen LogP contribution in [-0.2, 0) is 29.7 Å². The summed E-state index contributed by atoms with van der Waals surface area (Å²) in [6, 6.07) is 8.79. The van der Waals surface area contributed by atoms with Crippen molar-refractivity contribution in [3.05, 3.63) is 59.2 Å². The number of hydrogen-bond donors (Lipinski definition) is 0. The van der Waals surface area contributed by atoms with E-state index in [4.69, 9.17) is 4.42 Å². The van der Waals surface area contributed by atoms with Crippen LogP contribution in [0.1, 0.15) is 29.1 Å². The molecule has 2 aromatic heterocycles. The van der Waals surface area contributed by atoms with Crippen molar-refractivity contribution >= 4 is 15.7 Å². The summed E-state index contributed by atoms with van der Waals surface area (Å²) in [4.78, 5) is 6.39. The van der Waals surface area contributed by atoms with Crippen LogP contribution < -0.4 is 4.31 Å². The second kappa shape index (κ2) is 7.73. The summed E-state index contributed by atoms with van der Waals surface area (Å²) in [6.07, 6.45) is -0.324. The molecule has 4 rings (SSSR count). The molecule has 0 amide bonds. The van der Waals surface area contributed by atoms with Crippen LogP contribution >= 0.6 is 0 Å². The first-order valence-corrected chi connectivity index (χ1v) is 10.9. The number of fused-ring (bicyclic) bond motifs is 1. The maximum absolute atomic E-state index is 12.6. The highest BCUT2D eigenvalue weighted by atomic mass is 32.2. The van der Waals surface area contributed by atoms with E-state index in [1.54, 1.807) is 18.2 Å². The molecular formula is C19H19F2N5O3S. The predicted octanol–water partition coefficient (Wildman–Crippen LogP) is 2.98. The molecule has 0 bridgehead atoms. The Morgan fingerprint density at radius 2 is 1.93 bits per heavy atom. The lowest BCUT2D eigenvalue weighted by Gasteiger charge is -2.22. The lowest BCUT2D eigenvalue weighted by Crippen LogP contribution is -2.29. The summed E-state index contributed by atoms with van der Waals surface area (Å²) in [7, 11) is -1.55. The molecule has 1 aliphatic rings. The standard InChI is InChI=1S/C19H19F2N5O3S/c1-25-9-13-4-6-16(7-14(13)10-25)26(30(2,27)28)11-15-5-3-12(8-22-15)18-23-24-19(29-18)17(20)21/h3-8,17H,9-11H2,1-2H3. The highest BCUT2D eigenvalue weighted by molar-refractivity contribution is 7.92. The first-order chi connectivity index (χ1) is 14.2. The Labute approximate surface area is 172 Å². The highest BCUT2D eigenvalue weighted by Gasteiger charge is 2.23. The van der Waals surface area contributed by atoms with Crippen LogP contribution in [0.3, 0.4) is 0 Å². The number of benzene rings is 1. The van der Waals surface area contributed by atoms with Gasteiger partial charge < -0.3 is 4.42 Å². The van der Waals surface area contributed by atoms with Gasteiger partial charge in [-0.15, -0.1) is 10.2 Å². The van der Waals surface area contributed by atoms with Gasteiger partial charge in [-0.3, -0.25) is 14.2 Å². The quantitative estimate of drug-likeness (QED) is 0.588. The van der Waals surface area contributed by atoms with Crippen molar-refractivity contribution in [1.29, 1.82) is 0 Å². The normalized spacial score (nSPS) is 14.3. The van der Waals surface area contributed by atoms with Gasteiger partial charge in [0.05, 0.1) is 29.7 Å². The van der Waals surface area contributed by atoms with Gasteiger partial charge in [-0.1, -0.05) is 6.07 Å². The summed E-state index contributed by atoms with van der Waals surface area (Å²) in [5, 5.41) is 6.86. The minimum absolute atomic E-state index is 0.0276. The van der Waals surface area contributed by atoms with Gasteiger partial charge in [0.25, 0.3) is 5.89 Å². The molecule has 8 nitrogen and oxygen atoms in total. The molecule has 0 saturated carbocycles. The monoisotopic (exact) mass is 435 g/mol. The third-order valence-corrected chi connectivity index (χ3v) is 5.90. The molecule has 0 N–H and O–H groups in total. The van der Waals surface area contributed by atoms with E-state index in [-0.39, 0.29) is 12.4 Å². The minimum Gasteiger partial charge on any atom is -0.415 e. The van der Waals surface area contributed by atoms with Crippen LogP contribution in [0.5, 0.6) is 0 Å². The number of rotatable bonds is 6. The van der Waals surface area contributed by atoms with E-state index in [1.165, 1.54) is 16.1 Å². The van der Waals surface area contributed by atoms with E-state index in [0.29, 0.717) is 16.9 Å². The van der Waals surface area contributed by atoms with Crippen molar-refractivity contribution in [2.75, 3.05) is 17.6 Å². The van der Waals surface area contributed by atoms with E-state index in [1.807, 2.05) is 19.2 Å². The molecule has 0 spiro atoms. The van der Waals surface area contributed by atoms with Crippen molar-refractivity contribution in [1.82, 2.24) is 20.1 Å². The first kappa shape index (κ1) is 20.4. The number of alkyl halides is 2. The molecular weight excluding hydrogens is 416 g/mol. The van der Waals surface area contributed by atoms with Gasteiger partial charge in [-0.25, -0.2) is 8.42 Å². The number of halogens is 2. The summed E-state index contributed by atoms with van der Waals surface area (Å²) in [6.45, 7) is 1.62. The minimum atomic E-state index is -3.56. The van der Waals surface area contributed by atoms with Crippen LogP contribution in [0.15, 0.2) is 40.9 Å². The van der Waals surface area contributed by atoms with Gasteiger partial charge >= 0.3 is 6.43 Å². The molecule has 0 saturated heterocycles. The number of nitrogens with zero attached hydrogens (tertiary/aromatic N) is 5. The van der Waals surface area contributed by atoms with Crippen LogP contribution in [0.4, 0.5) is 14.5 Å². The molecule has 158 valence electrons. The molecule has 30 heavy (non-hydrogen) atoms. The molecule has 11 heteroatoms. The Hall–Kier alpha value is -2.92. The zero-order chi connectivity index (χ0) is 21.5. The van der Waals surface area contributed by atoms with Gasteiger partial charge in [-0.05, 0) is 42.4 Å². The molecule has 0 unspecified atom stereocenters. The Balaban J connectivity index is 1.58. The van der Waals surface area contributed by atoms with E-state index in [0.717, 1.165) is 24.9 Å². The predicted molar refractivity (Wildman–Crippen MR) is 105 cm³/mol. The molecule has 1 aliphatic heterocycles. The zero-order valence-corrected chi connectivity index (χ0v) is 17.1. The largest absolute Gasteiger partial charge is 0.415 e. The zero-order valence-electron chi connectivity index (χ0n) is 16.3. The number of pyridine rings is 1. The van der Waals surface area contributed by atoms with E-state index in [2.05, 4.69) is 20.1 Å². The number of sulfonamides is 1. The van der Waals surface area contributed by atoms with Crippen LogP contribution in [0.2, 0.25) is 0 Å². The van der Waals surface area contributed by atoms with Crippen molar-refractivity contribution in [2.45, 2.75) is 26.1 Å². The van der Waals surface area contributed by atoms with Crippen LogP contribution in [0, 0.1) is 0 Å². The fraction of sp³-hybridized carbons (Fsp3) is 0.316. The van der Waals surface area contributed by atoms with E-state index >= 15 is 0 Å². The van der Waals surface area contributed by atoms with Crippen molar-refractivity contribution < 1.29 is 21.6 Å². The molecule has 0 atom stereocenters. The highest BCUT2D eigenvalue weighted by Crippen LogP contribution is 2.29. The lowest BCUT2D eigenvalue weighted by atomic mass is 10.1. The maximum atomic E-state index is 12.6. The maximum Gasteiger partial charge on any atom is 0.314 e. The second-order valence-electron chi connectivity index (χ2n) is 7.18. The Kier molecular flexibility index (Phi) is 5.24. The van der Waals surface area contributed by atoms with Crippen molar-refractivity contribution in [3.63, 3.8) is 0 Å². The number of aromatic nitrogens is 3. The average molecular weight is 435 g/mol. The molecule has 0 aliphatic carbocycles. The summed E-state index contributed by atoms with van der Waals surface area (Å²) in [5.41, 5.74) is 3.69. The third-order valence-electron chi connectivity index (χ3n) is 4.76. The van der Waals surface area contributed by atoms with Gasteiger partial charge in [0, 0.05) is 19.3 Å². The number of anilines is 1. The van der Waals surface area contributed by atoms with Gasteiger partial charge in [0.2, 0.25) is 15.9 Å². The Morgan fingerprint density at radius 1 is 1.17 bits per heavy atom. The summed E-state index contributed by atoms with van der Waals surface area (Å²) in [5.74, 6) is -0.841. The topological polar surface area (TPSA) is 92.4 Å². The van der Waals surface area contributed by atoms with E-state index in [9.17, 15) is 17.2 Å². The Morgan fingerprint density at radius 3 is 2.57 bits per heavy atom. The fourth-order valence-electron chi connectivity index (χ4n) is 3.34. The molecule has 0 radical (unpaired) electrons. The van der Waals surface area contributed by atoms with Crippen LogP contribution in [0.25, 0.3) is 11.5 Å². The van der Waals surface area contributed by atoms with Gasteiger partial charge in [0.1, 0.15) is 0 Å². The van der Waals surface area contributed by atoms with E-state index < -0.39 is 22.3 Å². The third kappa shape index (κ3) is 4.17. The Bertz CT molecular complexity index is 1170. The van der Waals surface area contributed by atoms with Crippen LogP contribution in [-0.4, -0.2) is 41.8 Å². The fourth-order valence-corrected chi connectivity index (χ4v) is 4.20. The van der Waals surface area contributed by atoms with Gasteiger partial charge in [-0.2, -0.15) is 8.78 Å². The smallest absolute Gasteiger partial charge is 0.314 e. The second-order valence-corrected chi connectivity index (χ2v) is 9.09. The van der Waals surface area contributed by atoms with Crippen molar-refractivity contribution in [3.8, 4) is 11.5 Å². The summed E-state index contributed by atoms with van der Waals surface area (Å²) < 4.78 is 56.3. The lowest BCUT2D eigenvalue weighted by molar-refractivity contribution is 0.116. The molecule has 3 aromatic rings. The molecule has 1 aromatic carbocycles. The first-order valence-electron chi connectivity index (χ1n) is 9.05. The van der Waals surface area contributed by atoms with Crippen molar-refractivity contribution in [2.24, 2.45) is 0 Å². The number of hydrogen-bond acceptors (Lipinski definition) is 7. The summed E-state index contributed by atoms with van der Waals surface area (Å²) >= 11 is 0. The SMILES string of the molecule is CN1Cc2ccc(N(Cc3ccc(-c4nnc(C(F)F)o4)cn3)S(C)(=O)=O)cc2C1.